The van der Waals surface area contributed by atoms with Gasteiger partial charge in [0.15, 0.2) is 0 Å². The molecule has 1 saturated heterocycles. The van der Waals surface area contributed by atoms with E-state index in [-0.39, 0.29) is 17.5 Å². The number of carboxylic acids is 1. The van der Waals surface area contributed by atoms with E-state index >= 15 is 0 Å². The highest BCUT2D eigenvalue weighted by Crippen LogP contribution is 2.27. The summed E-state index contributed by atoms with van der Waals surface area (Å²) in [5.74, 6) is 0.0529. The molecule has 0 saturated carbocycles. The fourth-order valence-corrected chi connectivity index (χ4v) is 5.17. The number of hydrogen-bond acceptors (Lipinski definition) is 5. The second-order valence-electron chi connectivity index (χ2n) is 10.0. The number of aromatic carboxylic acids is 1. The molecule has 0 spiro atoms. The first-order chi connectivity index (χ1) is 19.9. The van der Waals surface area contributed by atoms with Crippen molar-refractivity contribution >= 4 is 28.6 Å². The van der Waals surface area contributed by atoms with Gasteiger partial charge in [0, 0.05) is 35.2 Å². The van der Waals surface area contributed by atoms with Crippen LogP contribution in [0.4, 0.5) is 4.39 Å². The Morgan fingerprint density at radius 3 is 2.61 bits per heavy atom. The summed E-state index contributed by atoms with van der Waals surface area (Å²) in [5, 5.41) is 10.0. The molecule has 1 aliphatic heterocycles. The number of benzene rings is 3. The number of carboxylic acid groups (broad SMARTS) is 1. The second kappa shape index (κ2) is 11.7. The summed E-state index contributed by atoms with van der Waals surface area (Å²) in [4.78, 5) is 20.9. The molecule has 1 N–H and O–H groups in total. The Morgan fingerprint density at radius 2 is 1.88 bits per heavy atom. The summed E-state index contributed by atoms with van der Waals surface area (Å²) in [5.41, 5.74) is 4.69. The van der Waals surface area contributed by atoms with Gasteiger partial charge in [0.1, 0.15) is 5.82 Å². The highest BCUT2D eigenvalue weighted by atomic mass is 35.5. The van der Waals surface area contributed by atoms with Crippen molar-refractivity contribution in [3.63, 3.8) is 0 Å². The zero-order valence-electron chi connectivity index (χ0n) is 22.0. The summed E-state index contributed by atoms with van der Waals surface area (Å²) in [6.07, 6.45) is 0.946. The molecule has 1 fully saturated rings. The van der Waals surface area contributed by atoms with Crippen molar-refractivity contribution in [3.8, 4) is 17.1 Å². The Morgan fingerprint density at radius 1 is 1.07 bits per heavy atom. The molecule has 6 rings (SSSR count). The van der Waals surface area contributed by atoms with Crippen molar-refractivity contribution in [2.24, 2.45) is 0 Å². The average molecular weight is 572 g/mol. The average Bonchev–Trinajstić information content (AvgIpc) is 3.62. The molecular formula is C32H27ClFN3O4. The quantitative estimate of drug-likeness (QED) is 0.200. The molecule has 5 aromatic rings. The summed E-state index contributed by atoms with van der Waals surface area (Å²) in [6.45, 7) is 1.36. The number of nitrogens with zero attached hydrogens (tertiary/aromatic N) is 3. The third-order valence-electron chi connectivity index (χ3n) is 7.18. The van der Waals surface area contributed by atoms with Crippen LogP contribution in [0.15, 0.2) is 84.9 Å². The maximum Gasteiger partial charge on any atom is 0.335 e. The number of halogens is 2. The molecule has 41 heavy (non-hydrogen) atoms. The van der Waals surface area contributed by atoms with Crippen LogP contribution in [0.1, 0.15) is 46.5 Å². The fraction of sp³-hybridized carbons (Fsp3) is 0.219. The zero-order valence-corrected chi connectivity index (χ0v) is 22.8. The van der Waals surface area contributed by atoms with Gasteiger partial charge in [-0.2, -0.15) is 4.39 Å². The van der Waals surface area contributed by atoms with Crippen molar-refractivity contribution in [1.82, 2.24) is 14.5 Å². The topological polar surface area (TPSA) is 86.5 Å². The number of fused-ring (bicyclic) bond motifs is 1. The second-order valence-corrected chi connectivity index (χ2v) is 10.4. The summed E-state index contributed by atoms with van der Waals surface area (Å²) < 4.78 is 28.1. The van der Waals surface area contributed by atoms with Gasteiger partial charge in [0.05, 0.1) is 34.9 Å². The molecule has 1 aliphatic rings. The molecule has 0 radical (unpaired) electrons. The molecule has 208 valence electrons. The van der Waals surface area contributed by atoms with Gasteiger partial charge in [-0.25, -0.2) is 14.8 Å². The van der Waals surface area contributed by atoms with E-state index in [0.29, 0.717) is 29.2 Å². The molecule has 0 amide bonds. The van der Waals surface area contributed by atoms with Crippen molar-refractivity contribution in [1.29, 1.82) is 0 Å². The Bertz CT molecular complexity index is 1680. The SMILES string of the molecule is O=C(O)c1ccc2nc(Cc3ccc(-c4cccc(OC(F)c5ccc(Cl)cc5)n4)cc3)n(C[C@H]3CCCO3)c2c1. The Kier molecular flexibility index (Phi) is 7.67. The molecule has 2 atom stereocenters. The van der Waals surface area contributed by atoms with Crippen LogP contribution in [0, 0.1) is 0 Å². The fourth-order valence-electron chi connectivity index (χ4n) is 5.04. The Balaban J connectivity index is 1.22. The maximum absolute atomic E-state index is 14.7. The molecule has 1 unspecified atom stereocenters. The number of pyridine rings is 1. The van der Waals surface area contributed by atoms with Gasteiger partial charge in [-0.15, -0.1) is 0 Å². The first-order valence-corrected chi connectivity index (χ1v) is 13.8. The molecule has 7 nitrogen and oxygen atoms in total. The number of carbonyl (C=O) groups is 1. The summed E-state index contributed by atoms with van der Waals surface area (Å²) in [7, 11) is 0. The summed E-state index contributed by atoms with van der Waals surface area (Å²) in [6, 6.07) is 24.6. The third kappa shape index (κ3) is 6.09. The molecule has 0 bridgehead atoms. The predicted molar refractivity (Wildman–Crippen MR) is 154 cm³/mol. The molecular weight excluding hydrogens is 545 g/mol. The minimum Gasteiger partial charge on any atom is -0.478 e. The van der Waals surface area contributed by atoms with Crippen LogP contribution >= 0.6 is 11.6 Å². The van der Waals surface area contributed by atoms with Gasteiger partial charge in [0.2, 0.25) is 5.88 Å². The highest BCUT2D eigenvalue weighted by molar-refractivity contribution is 6.30. The van der Waals surface area contributed by atoms with Crippen LogP contribution in [0.3, 0.4) is 0 Å². The minimum atomic E-state index is -1.67. The normalized spacial score (nSPS) is 15.7. The third-order valence-corrected chi connectivity index (χ3v) is 7.43. The van der Waals surface area contributed by atoms with E-state index < -0.39 is 12.3 Å². The standard InChI is InChI=1S/C32H27ClFN3O4/c33-24-13-10-22(11-14-24)31(34)41-30-5-1-4-26(36-30)21-8-6-20(7-9-21)17-29-35-27-15-12-23(32(38)39)18-28(27)37(29)19-25-3-2-16-40-25/h1,4-15,18,25,31H,2-3,16-17,19H2,(H,38,39)/t25-,31?/m1/s1. The van der Waals surface area contributed by atoms with Crippen LogP contribution in [0.2, 0.25) is 5.02 Å². The molecule has 0 aliphatic carbocycles. The van der Waals surface area contributed by atoms with E-state index in [1.165, 1.54) is 0 Å². The van der Waals surface area contributed by atoms with Crippen LogP contribution < -0.4 is 4.74 Å². The number of imidazole rings is 1. The lowest BCUT2D eigenvalue weighted by atomic mass is 10.1. The van der Waals surface area contributed by atoms with Gasteiger partial charge in [-0.05, 0) is 54.8 Å². The van der Waals surface area contributed by atoms with E-state index in [4.69, 9.17) is 26.1 Å². The molecule has 3 aromatic carbocycles. The van der Waals surface area contributed by atoms with Gasteiger partial charge in [-0.1, -0.05) is 54.1 Å². The van der Waals surface area contributed by atoms with Gasteiger partial charge < -0.3 is 19.1 Å². The van der Waals surface area contributed by atoms with Crippen LogP contribution in [-0.2, 0) is 17.7 Å². The Labute approximate surface area is 241 Å². The first kappa shape index (κ1) is 26.9. The molecule has 9 heteroatoms. The van der Waals surface area contributed by atoms with Crippen molar-refractivity contribution in [2.45, 2.75) is 38.3 Å². The van der Waals surface area contributed by atoms with Crippen molar-refractivity contribution < 1.29 is 23.8 Å². The lowest BCUT2D eigenvalue weighted by Gasteiger charge is -2.15. The van der Waals surface area contributed by atoms with Gasteiger partial charge in [0.25, 0.3) is 6.36 Å². The van der Waals surface area contributed by atoms with E-state index in [1.54, 1.807) is 54.6 Å². The van der Waals surface area contributed by atoms with Crippen LogP contribution in [0.25, 0.3) is 22.3 Å². The van der Waals surface area contributed by atoms with E-state index in [1.807, 2.05) is 30.3 Å². The Hall–Kier alpha value is -4.27. The summed E-state index contributed by atoms with van der Waals surface area (Å²) >= 11 is 5.89. The number of alkyl halides is 1. The number of aromatic nitrogens is 3. The monoisotopic (exact) mass is 571 g/mol. The first-order valence-electron chi connectivity index (χ1n) is 13.4. The van der Waals surface area contributed by atoms with Crippen LogP contribution in [-0.4, -0.2) is 38.3 Å². The number of rotatable bonds is 9. The van der Waals surface area contributed by atoms with E-state index in [0.717, 1.165) is 47.4 Å². The highest BCUT2D eigenvalue weighted by Gasteiger charge is 2.21. The molecule has 2 aromatic heterocycles. The molecule has 3 heterocycles. The van der Waals surface area contributed by atoms with Gasteiger partial charge >= 0.3 is 5.97 Å². The lowest BCUT2D eigenvalue weighted by molar-refractivity contribution is 0.0624. The van der Waals surface area contributed by atoms with E-state index in [2.05, 4.69) is 9.55 Å². The predicted octanol–water partition coefficient (Wildman–Crippen LogP) is 7.27. The van der Waals surface area contributed by atoms with E-state index in [9.17, 15) is 14.3 Å². The maximum atomic E-state index is 14.7. The van der Waals surface area contributed by atoms with Crippen LogP contribution in [0.5, 0.6) is 5.88 Å². The van der Waals surface area contributed by atoms with Crippen molar-refractivity contribution in [3.05, 3.63) is 112 Å². The largest absolute Gasteiger partial charge is 0.478 e. The smallest absolute Gasteiger partial charge is 0.335 e. The number of ether oxygens (including phenoxy) is 2. The van der Waals surface area contributed by atoms with Crippen molar-refractivity contribution in [2.75, 3.05) is 6.61 Å². The van der Waals surface area contributed by atoms with Gasteiger partial charge in [-0.3, -0.25) is 0 Å². The zero-order chi connectivity index (χ0) is 28.3. The lowest BCUT2D eigenvalue weighted by Crippen LogP contribution is -2.17. The number of hydrogen-bond donors (Lipinski definition) is 1. The minimum absolute atomic E-state index is 0.0752.